The van der Waals surface area contributed by atoms with Crippen LogP contribution in [0.1, 0.15) is 16.1 Å². The molecule has 2 aromatic carbocycles. The number of carbonyl (C=O) groups excluding carboxylic acids is 1. The van der Waals surface area contributed by atoms with Crippen molar-refractivity contribution in [1.82, 2.24) is 15.0 Å². The summed E-state index contributed by atoms with van der Waals surface area (Å²) in [5.74, 6) is 0.142. The van der Waals surface area contributed by atoms with E-state index < -0.39 is 5.91 Å². The molecule has 0 fully saturated rings. The summed E-state index contributed by atoms with van der Waals surface area (Å²) in [6.45, 7) is 0. The van der Waals surface area contributed by atoms with Gasteiger partial charge in [0.15, 0.2) is 5.13 Å². The van der Waals surface area contributed by atoms with Gasteiger partial charge in [0, 0.05) is 16.1 Å². The van der Waals surface area contributed by atoms with Gasteiger partial charge in [-0.1, -0.05) is 47.2 Å². The van der Waals surface area contributed by atoms with Crippen LogP contribution in [-0.2, 0) is 0 Å². The number of benzene rings is 2. The highest BCUT2D eigenvalue weighted by molar-refractivity contribution is 7.22. The van der Waals surface area contributed by atoms with Gasteiger partial charge in [-0.15, -0.1) is 0 Å². The Morgan fingerprint density at radius 3 is 2.57 bits per heavy atom. The molecule has 0 aliphatic heterocycles. The number of anilines is 1. The van der Waals surface area contributed by atoms with E-state index in [1.807, 2.05) is 54.6 Å². The van der Waals surface area contributed by atoms with Gasteiger partial charge in [0.25, 0.3) is 5.91 Å². The zero-order valence-corrected chi connectivity index (χ0v) is 19.9. The molecule has 0 unspecified atom stereocenters. The van der Waals surface area contributed by atoms with E-state index in [0.717, 1.165) is 11.3 Å². The molecule has 35 heavy (non-hydrogen) atoms. The molecule has 0 bridgehead atoms. The quantitative estimate of drug-likeness (QED) is 0.310. The first kappa shape index (κ1) is 22.5. The molecule has 7 nitrogen and oxygen atoms in total. The molecule has 5 aromatic rings. The second-order valence-electron chi connectivity index (χ2n) is 7.41. The minimum atomic E-state index is -0.403. The van der Waals surface area contributed by atoms with Crippen LogP contribution in [0.4, 0.5) is 5.13 Å². The number of nitrogens with one attached hydrogen (secondary N) is 1. The van der Waals surface area contributed by atoms with Crippen molar-refractivity contribution in [2.45, 2.75) is 0 Å². The fourth-order valence-corrected chi connectivity index (χ4v) is 4.53. The van der Waals surface area contributed by atoms with E-state index in [4.69, 9.17) is 16.3 Å². The van der Waals surface area contributed by atoms with Crippen molar-refractivity contribution in [1.29, 1.82) is 5.26 Å². The summed E-state index contributed by atoms with van der Waals surface area (Å²) in [7, 11) is 1.54. The van der Waals surface area contributed by atoms with Gasteiger partial charge in [-0.05, 0) is 48.5 Å². The number of ether oxygens (including phenoxy) is 1. The summed E-state index contributed by atoms with van der Waals surface area (Å²) < 4.78 is 5.44. The van der Waals surface area contributed by atoms with Gasteiger partial charge in [-0.2, -0.15) is 5.26 Å². The van der Waals surface area contributed by atoms with Crippen molar-refractivity contribution in [2.24, 2.45) is 0 Å². The monoisotopic (exact) mass is 497 g/mol. The topological polar surface area (TPSA) is 101 Å². The first-order valence-electron chi connectivity index (χ1n) is 10.4. The molecule has 0 radical (unpaired) electrons. The molecule has 5 rings (SSSR count). The summed E-state index contributed by atoms with van der Waals surface area (Å²) in [5.41, 5.74) is 3.83. The summed E-state index contributed by atoms with van der Waals surface area (Å²) in [6, 6.07) is 23.5. The highest BCUT2D eigenvalue weighted by Gasteiger charge is 2.20. The first-order chi connectivity index (χ1) is 17.1. The van der Waals surface area contributed by atoms with Crippen LogP contribution in [0.3, 0.4) is 0 Å². The lowest BCUT2D eigenvalue weighted by Crippen LogP contribution is -2.14. The van der Waals surface area contributed by atoms with Crippen molar-refractivity contribution in [3.8, 4) is 34.3 Å². The fourth-order valence-electron chi connectivity index (χ4n) is 3.57. The predicted octanol–water partition coefficient (Wildman–Crippen LogP) is 6.21. The molecule has 0 atom stereocenters. The van der Waals surface area contributed by atoms with Gasteiger partial charge in [-0.3, -0.25) is 10.1 Å². The second kappa shape index (κ2) is 9.50. The highest BCUT2D eigenvalue weighted by atomic mass is 35.5. The minimum Gasteiger partial charge on any atom is -0.496 e. The predicted molar refractivity (Wildman–Crippen MR) is 137 cm³/mol. The number of nitriles is 1. The van der Waals surface area contributed by atoms with Crippen molar-refractivity contribution >= 4 is 44.3 Å². The second-order valence-corrected chi connectivity index (χ2v) is 8.82. The molecule has 0 aliphatic rings. The van der Waals surface area contributed by atoms with E-state index in [1.54, 1.807) is 25.3 Å². The third-order valence-electron chi connectivity index (χ3n) is 5.23. The third kappa shape index (κ3) is 4.55. The van der Waals surface area contributed by atoms with Crippen LogP contribution in [0.25, 0.3) is 32.9 Å². The molecule has 3 heterocycles. The van der Waals surface area contributed by atoms with Gasteiger partial charge in [0.05, 0.1) is 24.1 Å². The molecule has 0 saturated carbocycles. The average molecular weight is 498 g/mol. The number of hydrogen-bond donors (Lipinski definition) is 1. The zero-order chi connectivity index (χ0) is 24.4. The van der Waals surface area contributed by atoms with Gasteiger partial charge in [0.1, 0.15) is 27.9 Å². The molecule has 170 valence electrons. The Bertz CT molecular complexity index is 1610. The Balaban J connectivity index is 1.48. The number of para-hydroxylation sites is 1. The Morgan fingerprint density at radius 2 is 1.80 bits per heavy atom. The standard InChI is InChI=1S/C26H16ClN5O2S/c1-34-22-5-3-2-4-18(22)23-19(11-10-17(14-28)29-23)24(33)32-26-31-21-13-12-20(30-25(21)35-26)15-6-8-16(27)9-7-15/h2-13H,1H3,(H,31,32,33). The maximum absolute atomic E-state index is 13.3. The van der Waals surface area contributed by atoms with Crippen molar-refractivity contribution in [3.63, 3.8) is 0 Å². The van der Waals surface area contributed by atoms with E-state index >= 15 is 0 Å². The van der Waals surface area contributed by atoms with Crippen LogP contribution in [0, 0.1) is 11.3 Å². The van der Waals surface area contributed by atoms with E-state index in [0.29, 0.717) is 43.1 Å². The number of amides is 1. The first-order valence-corrected chi connectivity index (χ1v) is 11.6. The zero-order valence-electron chi connectivity index (χ0n) is 18.3. The van der Waals surface area contributed by atoms with Gasteiger partial charge in [0.2, 0.25) is 0 Å². The molecule has 0 spiro atoms. The van der Waals surface area contributed by atoms with Crippen LogP contribution < -0.4 is 10.1 Å². The van der Waals surface area contributed by atoms with E-state index in [2.05, 4.69) is 20.3 Å². The largest absolute Gasteiger partial charge is 0.496 e. The van der Waals surface area contributed by atoms with E-state index in [-0.39, 0.29) is 5.69 Å². The number of nitrogens with zero attached hydrogens (tertiary/aromatic N) is 4. The molecular formula is C26H16ClN5O2S. The summed E-state index contributed by atoms with van der Waals surface area (Å²) in [6.07, 6.45) is 0. The van der Waals surface area contributed by atoms with E-state index in [1.165, 1.54) is 17.4 Å². The fraction of sp³-hybridized carbons (Fsp3) is 0.0385. The molecule has 0 aliphatic carbocycles. The Hall–Kier alpha value is -4.32. The van der Waals surface area contributed by atoms with E-state index in [9.17, 15) is 10.1 Å². The Labute approximate surface area is 209 Å². The van der Waals surface area contributed by atoms with Crippen LogP contribution in [-0.4, -0.2) is 28.0 Å². The third-order valence-corrected chi connectivity index (χ3v) is 6.36. The smallest absolute Gasteiger partial charge is 0.259 e. The molecular weight excluding hydrogens is 482 g/mol. The number of pyridine rings is 2. The van der Waals surface area contributed by atoms with Gasteiger partial charge >= 0.3 is 0 Å². The van der Waals surface area contributed by atoms with Gasteiger partial charge < -0.3 is 4.74 Å². The number of thiazole rings is 1. The van der Waals surface area contributed by atoms with Crippen molar-refractivity contribution in [3.05, 3.63) is 89.1 Å². The molecule has 1 N–H and O–H groups in total. The number of hydrogen-bond acceptors (Lipinski definition) is 7. The lowest BCUT2D eigenvalue weighted by Gasteiger charge is -2.12. The summed E-state index contributed by atoms with van der Waals surface area (Å²) >= 11 is 7.26. The Kier molecular flexibility index (Phi) is 6.10. The average Bonchev–Trinajstić information content (AvgIpc) is 3.30. The van der Waals surface area contributed by atoms with Crippen molar-refractivity contribution in [2.75, 3.05) is 12.4 Å². The normalized spacial score (nSPS) is 10.7. The number of aromatic nitrogens is 3. The molecule has 3 aromatic heterocycles. The number of halogens is 1. The SMILES string of the molecule is COc1ccccc1-c1nc(C#N)ccc1C(=O)Nc1nc2ccc(-c3ccc(Cl)cc3)nc2s1. The molecule has 9 heteroatoms. The summed E-state index contributed by atoms with van der Waals surface area (Å²) in [4.78, 5) is 27.5. The molecule has 0 saturated heterocycles. The number of carbonyl (C=O) groups is 1. The number of methoxy groups -OCH3 is 1. The Morgan fingerprint density at radius 1 is 1.00 bits per heavy atom. The van der Waals surface area contributed by atoms with Crippen LogP contribution >= 0.6 is 22.9 Å². The maximum atomic E-state index is 13.3. The maximum Gasteiger partial charge on any atom is 0.259 e. The highest BCUT2D eigenvalue weighted by Crippen LogP contribution is 2.32. The van der Waals surface area contributed by atoms with Crippen LogP contribution in [0.5, 0.6) is 5.75 Å². The molecule has 1 amide bonds. The van der Waals surface area contributed by atoms with Gasteiger partial charge in [-0.25, -0.2) is 15.0 Å². The lowest BCUT2D eigenvalue weighted by atomic mass is 10.0. The van der Waals surface area contributed by atoms with Crippen LogP contribution in [0.2, 0.25) is 5.02 Å². The van der Waals surface area contributed by atoms with Crippen molar-refractivity contribution < 1.29 is 9.53 Å². The number of rotatable bonds is 5. The minimum absolute atomic E-state index is 0.196. The number of fused-ring (bicyclic) bond motifs is 1. The van der Waals surface area contributed by atoms with Crippen LogP contribution in [0.15, 0.2) is 72.8 Å². The lowest BCUT2D eigenvalue weighted by molar-refractivity contribution is 0.102. The summed E-state index contributed by atoms with van der Waals surface area (Å²) in [5, 5.41) is 13.2.